The lowest BCUT2D eigenvalue weighted by molar-refractivity contribution is -0.114. The van der Waals surface area contributed by atoms with E-state index in [1.54, 1.807) is 10.6 Å². The second-order valence-electron chi connectivity index (χ2n) is 20.2. The summed E-state index contributed by atoms with van der Waals surface area (Å²) in [5.74, 6) is -0.175. The van der Waals surface area contributed by atoms with Gasteiger partial charge in [-0.2, -0.15) is 0 Å². The predicted octanol–water partition coefficient (Wildman–Crippen LogP) is 14.4. The smallest absolute Gasteiger partial charge is 0.221 e. The van der Waals surface area contributed by atoms with E-state index in [1.165, 1.54) is 106 Å². The number of benzene rings is 7. The van der Waals surface area contributed by atoms with Crippen LogP contribution in [0, 0.1) is 5.82 Å². The molecule has 1 N–H and O–H groups in total. The number of para-hydroxylation sites is 3. The molecule has 0 saturated heterocycles. The Labute approximate surface area is 454 Å². The van der Waals surface area contributed by atoms with Gasteiger partial charge in [-0.25, -0.2) is 4.39 Å². The maximum atomic E-state index is 13.1. The van der Waals surface area contributed by atoms with Gasteiger partial charge < -0.3 is 34.4 Å². The molecule has 0 bridgehead atoms. The van der Waals surface area contributed by atoms with Crippen LogP contribution in [0.3, 0.4) is 0 Å². The number of hydrogen-bond acceptors (Lipinski definition) is 6. The van der Waals surface area contributed by atoms with Gasteiger partial charge in [0.2, 0.25) is 5.91 Å². The number of nitrogens with one attached hydrogen (secondary N) is 1. The van der Waals surface area contributed by atoms with Crippen LogP contribution in [0.2, 0.25) is 10.0 Å². The normalized spacial score (nSPS) is 15.2. The van der Waals surface area contributed by atoms with Crippen molar-refractivity contribution in [1.82, 2.24) is 4.57 Å². The Bertz CT molecular complexity index is 3210. The summed E-state index contributed by atoms with van der Waals surface area (Å²) in [5.41, 5.74) is 18.1. The van der Waals surface area contributed by atoms with Crippen LogP contribution < -0.4 is 29.8 Å². The lowest BCUT2D eigenvalue weighted by Crippen LogP contribution is -2.24. The molecule has 1 amide bonds. The van der Waals surface area contributed by atoms with Crippen LogP contribution in [0.15, 0.2) is 158 Å². The van der Waals surface area contributed by atoms with Crippen molar-refractivity contribution in [2.24, 2.45) is 7.05 Å². The number of amides is 1. The molecular formula is C64H72Cl2FN7O. The van der Waals surface area contributed by atoms with Gasteiger partial charge in [-0.1, -0.05) is 114 Å². The molecule has 1 atom stereocenters. The second kappa shape index (κ2) is 25.1. The molecule has 1 aromatic heterocycles. The fourth-order valence-corrected chi connectivity index (χ4v) is 11.0. The van der Waals surface area contributed by atoms with E-state index >= 15 is 0 Å². The summed E-state index contributed by atoms with van der Waals surface area (Å²) in [7, 11) is 12.5. The van der Waals surface area contributed by atoms with Crippen LogP contribution in [0.1, 0.15) is 48.1 Å². The summed E-state index contributed by atoms with van der Waals surface area (Å²) in [5, 5.41) is 5.04. The minimum Gasteiger partial charge on any atom is -0.374 e. The van der Waals surface area contributed by atoms with E-state index in [1.807, 2.05) is 43.6 Å². The average Bonchev–Trinajstić information content (AvgIpc) is 4.24. The molecule has 8 nitrogen and oxygen atoms in total. The maximum absolute atomic E-state index is 13.1. The van der Waals surface area contributed by atoms with E-state index < -0.39 is 0 Å². The van der Waals surface area contributed by atoms with Crippen molar-refractivity contribution in [3.63, 3.8) is 0 Å². The predicted molar refractivity (Wildman–Crippen MR) is 319 cm³/mol. The highest BCUT2D eigenvalue weighted by molar-refractivity contribution is 6.42. The SMILES string of the molecule is CC(=O)Nc1ccc2c(c1)CCN2C.CC1Cc2ccccc2N1C.CN1CCCc2ccccc21.CN1CCc2c(-c3ccccc3)cccc21.CN1CCc2cc(Cl)c(Cl)cc21.Cn1ccc2cccc(F)c21. The quantitative estimate of drug-likeness (QED) is 0.186. The lowest BCUT2D eigenvalue weighted by Gasteiger charge is -2.26. The summed E-state index contributed by atoms with van der Waals surface area (Å²) >= 11 is 11.8. The molecule has 0 fully saturated rings. The highest BCUT2D eigenvalue weighted by atomic mass is 35.5. The molecule has 0 saturated carbocycles. The third-order valence-electron chi connectivity index (χ3n) is 14.9. The monoisotopic (exact) mass is 1040 g/mol. The Kier molecular flexibility index (Phi) is 18.2. The fraction of sp³-hybridized carbons (Fsp3) is 0.297. The van der Waals surface area contributed by atoms with E-state index in [4.69, 9.17) is 23.2 Å². The van der Waals surface area contributed by atoms with Crippen molar-refractivity contribution in [3.05, 3.63) is 202 Å². The zero-order valence-electron chi connectivity index (χ0n) is 44.9. The number of rotatable bonds is 2. The minimum atomic E-state index is -0.157. The summed E-state index contributed by atoms with van der Waals surface area (Å²) in [6, 6.07) is 52.2. The number of aryl methyl sites for hydroxylation is 2. The highest BCUT2D eigenvalue weighted by Crippen LogP contribution is 2.37. The first kappa shape index (κ1) is 54.3. The van der Waals surface area contributed by atoms with Gasteiger partial charge in [0.05, 0.1) is 15.6 Å². The fourth-order valence-electron chi connectivity index (χ4n) is 10.6. The average molecular weight is 1050 g/mol. The summed E-state index contributed by atoms with van der Waals surface area (Å²) in [4.78, 5) is 22.3. The molecule has 0 aliphatic carbocycles. The Morgan fingerprint density at radius 3 is 1.84 bits per heavy atom. The first-order valence-electron chi connectivity index (χ1n) is 26.1. The van der Waals surface area contributed by atoms with E-state index in [0.29, 0.717) is 21.6 Å². The minimum absolute atomic E-state index is 0.0173. The number of carbonyl (C=O) groups excluding carboxylic acids is 1. The molecule has 13 rings (SSSR count). The maximum Gasteiger partial charge on any atom is 0.221 e. The first-order chi connectivity index (χ1) is 36.2. The molecule has 7 aromatic carbocycles. The molecule has 75 heavy (non-hydrogen) atoms. The van der Waals surface area contributed by atoms with Crippen molar-refractivity contribution in [2.45, 2.75) is 58.4 Å². The van der Waals surface area contributed by atoms with Crippen LogP contribution in [-0.4, -0.2) is 77.9 Å². The Hall–Kier alpha value is -6.94. The number of nitrogens with zero attached hydrogens (tertiary/aromatic N) is 6. The van der Waals surface area contributed by atoms with E-state index in [2.05, 4.69) is 181 Å². The van der Waals surface area contributed by atoms with Crippen molar-refractivity contribution in [1.29, 1.82) is 0 Å². The van der Waals surface area contributed by atoms with Crippen LogP contribution in [-0.2, 0) is 43.9 Å². The molecule has 8 aromatic rings. The van der Waals surface area contributed by atoms with Crippen molar-refractivity contribution in [2.75, 3.05) is 91.2 Å². The third kappa shape index (κ3) is 13.3. The molecule has 0 spiro atoms. The largest absolute Gasteiger partial charge is 0.374 e. The van der Waals surface area contributed by atoms with Crippen LogP contribution in [0.5, 0.6) is 0 Å². The molecule has 11 heteroatoms. The Morgan fingerprint density at radius 1 is 0.547 bits per heavy atom. The second-order valence-corrected chi connectivity index (χ2v) is 21.0. The Morgan fingerprint density at radius 2 is 1.13 bits per heavy atom. The standard InChI is InChI=1S/C15H15N.C11H14N2O.2C10H13N.C9H9Cl2N.C9H8FN/c1-16-11-10-14-13(8-5-9-15(14)16)12-6-3-2-4-7-12;1-8(14)12-10-3-4-11-9(7-10)5-6-13(11)2;1-8-7-9-5-3-4-6-10(9)11(8)2;1-11-8-4-6-9-5-2-3-7-10(9)11;1-12-3-2-6-4-7(10)8(11)5-9(6)12;1-11-6-5-7-3-2-4-8(10)9(7)11/h2-9H,10-11H2,1H3;3-4,7H,5-6H2,1-2H3,(H,12,14);3-6,8H,7H2,1-2H3;2-3,5,7H,4,6,8H2,1H3;4-5H,2-3H2,1H3;2-6H,1H3. The molecule has 1 unspecified atom stereocenters. The molecule has 0 radical (unpaired) electrons. The molecule has 5 aliphatic heterocycles. The van der Waals surface area contributed by atoms with Crippen molar-refractivity contribution >= 4 is 74.1 Å². The first-order valence-corrected chi connectivity index (χ1v) is 26.9. The number of likely N-dealkylation sites (N-methyl/N-ethyl adjacent to an activating group) is 4. The van der Waals surface area contributed by atoms with Crippen LogP contribution >= 0.6 is 23.2 Å². The van der Waals surface area contributed by atoms with E-state index in [9.17, 15) is 9.18 Å². The topological polar surface area (TPSA) is 50.2 Å². The summed E-state index contributed by atoms with van der Waals surface area (Å²) in [6.45, 7) is 8.26. The lowest BCUT2D eigenvalue weighted by atomic mass is 9.98. The number of hydrogen-bond donors (Lipinski definition) is 1. The van der Waals surface area contributed by atoms with Crippen molar-refractivity contribution in [3.8, 4) is 11.1 Å². The number of anilines is 6. The number of fused-ring (bicyclic) bond motifs is 6. The molecule has 390 valence electrons. The number of carbonyl (C=O) groups is 1. The molecule has 5 aliphatic rings. The van der Waals surface area contributed by atoms with Gasteiger partial charge in [-0.3, -0.25) is 4.79 Å². The van der Waals surface area contributed by atoms with Crippen LogP contribution in [0.25, 0.3) is 22.0 Å². The van der Waals surface area contributed by atoms with Gasteiger partial charge in [0.1, 0.15) is 5.82 Å². The van der Waals surface area contributed by atoms with Crippen molar-refractivity contribution < 1.29 is 9.18 Å². The highest BCUT2D eigenvalue weighted by Gasteiger charge is 2.22. The number of aromatic nitrogens is 1. The zero-order valence-corrected chi connectivity index (χ0v) is 46.4. The molecular weight excluding hydrogens is 973 g/mol. The van der Waals surface area contributed by atoms with Gasteiger partial charge >= 0.3 is 0 Å². The van der Waals surface area contributed by atoms with Gasteiger partial charge in [-0.15, -0.1) is 0 Å². The Balaban J connectivity index is 0.000000120. The third-order valence-corrected chi connectivity index (χ3v) is 15.6. The summed E-state index contributed by atoms with van der Waals surface area (Å²) < 4.78 is 14.8. The summed E-state index contributed by atoms with van der Waals surface area (Å²) in [6.07, 6.45) is 8.91. The van der Waals surface area contributed by atoms with Gasteiger partial charge in [-0.05, 0) is 145 Å². The van der Waals surface area contributed by atoms with E-state index in [0.717, 1.165) is 50.0 Å². The molecule has 6 heterocycles. The van der Waals surface area contributed by atoms with Crippen LogP contribution in [0.4, 0.5) is 38.5 Å². The van der Waals surface area contributed by atoms with Gasteiger partial charge in [0.15, 0.2) is 0 Å². The van der Waals surface area contributed by atoms with Gasteiger partial charge in [0.25, 0.3) is 0 Å². The zero-order chi connectivity index (χ0) is 53.2. The van der Waals surface area contributed by atoms with E-state index in [-0.39, 0.29) is 11.7 Å². The van der Waals surface area contributed by atoms with Gasteiger partial charge in [0, 0.05) is 127 Å². The number of halogens is 3.